The van der Waals surface area contributed by atoms with Gasteiger partial charge in [0.2, 0.25) is 5.95 Å². The number of nitrogens with zero attached hydrogens (tertiary/aromatic N) is 2. The second-order valence-electron chi connectivity index (χ2n) is 7.37. The van der Waals surface area contributed by atoms with Crippen molar-refractivity contribution in [2.24, 2.45) is 0 Å². The van der Waals surface area contributed by atoms with Crippen molar-refractivity contribution in [2.45, 2.75) is 45.4 Å². The van der Waals surface area contributed by atoms with E-state index in [0.717, 1.165) is 43.5 Å². The lowest BCUT2D eigenvalue weighted by atomic mass is 10.1. The Kier molecular flexibility index (Phi) is 9.70. The molecular weight excluding hydrogens is 382 g/mol. The van der Waals surface area contributed by atoms with E-state index in [4.69, 9.17) is 4.74 Å². The molecule has 1 aromatic carbocycles. The van der Waals surface area contributed by atoms with Gasteiger partial charge < -0.3 is 15.0 Å². The monoisotopic (exact) mass is 415 g/mol. The van der Waals surface area contributed by atoms with Gasteiger partial charge in [0, 0.05) is 44.2 Å². The molecule has 2 rings (SSSR count). The molecule has 164 valence electrons. The highest BCUT2D eigenvalue weighted by Crippen LogP contribution is 2.19. The molecule has 0 aliphatic heterocycles. The quantitative estimate of drug-likeness (QED) is 0.461. The number of hydrogen-bond acceptors (Lipinski definition) is 5. The van der Waals surface area contributed by atoms with Crippen molar-refractivity contribution in [2.75, 3.05) is 37.5 Å². The van der Waals surface area contributed by atoms with Crippen molar-refractivity contribution >= 4 is 17.7 Å². The van der Waals surface area contributed by atoms with Crippen LogP contribution in [0.4, 0.5) is 16.4 Å². The minimum atomic E-state index is -0.362. The minimum Gasteiger partial charge on any atom is -0.494 e. The molecule has 0 unspecified atom stereocenters. The van der Waals surface area contributed by atoms with Gasteiger partial charge in [-0.2, -0.15) is 0 Å². The number of urea groups is 1. The lowest BCUT2D eigenvalue weighted by molar-refractivity contribution is 0.252. The third-order valence-corrected chi connectivity index (χ3v) is 4.52. The molecule has 0 atom stereocenters. The number of H-pyrrole nitrogens is 1. The average molecular weight is 416 g/mol. The van der Waals surface area contributed by atoms with Gasteiger partial charge in [-0.1, -0.05) is 19.4 Å². The second kappa shape index (κ2) is 12.5. The zero-order valence-corrected chi connectivity index (χ0v) is 18.2. The highest BCUT2D eigenvalue weighted by Gasteiger charge is 2.06. The van der Waals surface area contributed by atoms with Crippen LogP contribution in [0.3, 0.4) is 0 Å². The summed E-state index contributed by atoms with van der Waals surface area (Å²) in [5.41, 5.74) is 1.51. The minimum absolute atomic E-state index is 0.176. The highest BCUT2D eigenvalue weighted by molar-refractivity contribution is 5.87. The number of amides is 2. The highest BCUT2D eigenvalue weighted by atomic mass is 16.5. The lowest BCUT2D eigenvalue weighted by Crippen LogP contribution is -2.31. The van der Waals surface area contributed by atoms with Crippen molar-refractivity contribution in [3.05, 3.63) is 46.4 Å². The van der Waals surface area contributed by atoms with E-state index in [1.807, 2.05) is 43.3 Å². The van der Waals surface area contributed by atoms with Gasteiger partial charge in [0.15, 0.2) is 0 Å². The maximum atomic E-state index is 11.8. The van der Waals surface area contributed by atoms with Crippen LogP contribution < -0.4 is 25.8 Å². The molecule has 30 heavy (non-hydrogen) atoms. The predicted octanol–water partition coefficient (Wildman–Crippen LogP) is 3.55. The van der Waals surface area contributed by atoms with E-state index in [9.17, 15) is 9.59 Å². The van der Waals surface area contributed by atoms with E-state index in [2.05, 4.69) is 27.5 Å². The Morgan fingerprint density at radius 1 is 1.17 bits per heavy atom. The van der Waals surface area contributed by atoms with Gasteiger partial charge in [-0.05, 0) is 44.2 Å². The summed E-state index contributed by atoms with van der Waals surface area (Å²) in [6.07, 6.45) is 5.34. The summed E-state index contributed by atoms with van der Waals surface area (Å²) < 4.78 is 5.82. The number of nitrogens with one attached hydrogen (secondary N) is 3. The Hall–Kier alpha value is -3.03. The Morgan fingerprint density at radius 3 is 2.77 bits per heavy atom. The molecule has 0 fully saturated rings. The Morgan fingerprint density at radius 2 is 2.00 bits per heavy atom. The smallest absolute Gasteiger partial charge is 0.321 e. The van der Waals surface area contributed by atoms with Crippen LogP contribution in [0.15, 0.2) is 35.1 Å². The predicted molar refractivity (Wildman–Crippen MR) is 121 cm³/mol. The molecule has 1 aromatic heterocycles. The van der Waals surface area contributed by atoms with Crippen LogP contribution in [-0.4, -0.2) is 43.2 Å². The molecule has 0 bridgehead atoms. The summed E-state index contributed by atoms with van der Waals surface area (Å²) in [5.74, 6) is 1.04. The molecule has 0 saturated carbocycles. The molecule has 2 aromatic rings. The van der Waals surface area contributed by atoms with Crippen LogP contribution in [0.1, 0.15) is 44.7 Å². The zero-order chi connectivity index (χ0) is 21.8. The van der Waals surface area contributed by atoms with Crippen LogP contribution in [0.25, 0.3) is 0 Å². The summed E-state index contributed by atoms with van der Waals surface area (Å²) in [6.45, 7) is 3.29. The molecule has 8 nitrogen and oxygen atoms in total. The third-order valence-electron chi connectivity index (χ3n) is 4.52. The maximum Gasteiger partial charge on any atom is 0.321 e. The number of carbonyl (C=O) groups is 1. The lowest BCUT2D eigenvalue weighted by Gasteiger charge is -2.14. The number of aromatic nitrogens is 2. The SMILES string of the molecule is CCCCNC(=O)Nc1nc(CCCCCOc2cccc(N(C)C)c2)cc(=O)[nH]1. The van der Waals surface area contributed by atoms with Crippen LogP contribution in [0.2, 0.25) is 0 Å². The van der Waals surface area contributed by atoms with Gasteiger partial charge in [-0.3, -0.25) is 15.1 Å². The summed E-state index contributed by atoms with van der Waals surface area (Å²) in [4.78, 5) is 32.6. The van der Waals surface area contributed by atoms with E-state index in [-0.39, 0.29) is 17.5 Å². The Bertz CT molecular complexity index is 851. The first-order valence-electron chi connectivity index (χ1n) is 10.5. The normalized spacial score (nSPS) is 10.5. The van der Waals surface area contributed by atoms with Gasteiger partial charge in [-0.25, -0.2) is 9.78 Å². The molecule has 0 aliphatic rings. The summed E-state index contributed by atoms with van der Waals surface area (Å²) in [5, 5.41) is 5.31. The molecular formula is C22H33N5O3. The van der Waals surface area contributed by atoms with Crippen LogP contribution >= 0.6 is 0 Å². The van der Waals surface area contributed by atoms with E-state index >= 15 is 0 Å². The van der Waals surface area contributed by atoms with E-state index in [1.165, 1.54) is 6.07 Å². The van der Waals surface area contributed by atoms with Gasteiger partial charge in [0.05, 0.1) is 6.61 Å². The van der Waals surface area contributed by atoms with Gasteiger partial charge in [0.1, 0.15) is 5.75 Å². The number of ether oxygens (including phenoxy) is 1. The standard InChI is InChI=1S/C22H33N5O3/c1-4-5-13-23-22(29)26-21-24-17(15-20(28)25-21)10-7-6-8-14-30-19-12-9-11-18(16-19)27(2)3/h9,11-12,15-16H,4-8,10,13-14H2,1-3H3,(H3,23,24,25,26,28,29). The molecule has 0 radical (unpaired) electrons. The van der Waals surface area contributed by atoms with Crippen molar-refractivity contribution < 1.29 is 9.53 Å². The largest absolute Gasteiger partial charge is 0.494 e. The zero-order valence-electron chi connectivity index (χ0n) is 18.2. The van der Waals surface area contributed by atoms with Gasteiger partial charge in [0.25, 0.3) is 5.56 Å². The fourth-order valence-corrected chi connectivity index (χ4v) is 2.85. The number of carbonyl (C=O) groups excluding carboxylic acids is 1. The van der Waals surface area contributed by atoms with Crippen molar-refractivity contribution in [1.82, 2.24) is 15.3 Å². The topological polar surface area (TPSA) is 99.3 Å². The van der Waals surface area contributed by atoms with E-state index in [1.54, 1.807) is 0 Å². The molecule has 0 saturated heterocycles. The summed E-state index contributed by atoms with van der Waals surface area (Å²) in [7, 11) is 4.00. The van der Waals surface area contributed by atoms with Crippen LogP contribution in [0, 0.1) is 0 Å². The van der Waals surface area contributed by atoms with Crippen LogP contribution in [-0.2, 0) is 6.42 Å². The molecule has 1 heterocycles. The first-order chi connectivity index (χ1) is 14.5. The van der Waals surface area contributed by atoms with Crippen LogP contribution in [0.5, 0.6) is 5.75 Å². The fourth-order valence-electron chi connectivity index (χ4n) is 2.85. The number of hydrogen-bond donors (Lipinski definition) is 3. The number of aryl methyl sites for hydroxylation is 1. The van der Waals surface area contributed by atoms with Gasteiger partial charge >= 0.3 is 6.03 Å². The van der Waals surface area contributed by atoms with E-state index < -0.39 is 0 Å². The molecule has 0 aliphatic carbocycles. The molecule has 8 heteroatoms. The second-order valence-corrected chi connectivity index (χ2v) is 7.37. The first kappa shape index (κ1) is 23.3. The maximum absolute atomic E-state index is 11.8. The summed E-state index contributed by atoms with van der Waals surface area (Å²) >= 11 is 0. The average Bonchev–Trinajstić information content (AvgIpc) is 2.70. The summed E-state index contributed by atoms with van der Waals surface area (Å²) in [6, 6.07) is 9.12. The number of rotatable bonds is 12. The number of unbranched alkanes of at least 4 members (excludes halogenated alkanes) is 3. The van der Waals surface area contributed by atoms with Crippen molar-refractivity contribution in [1.29, 1.82) is 0 Å². The number of aromatic amines is 1. The van der Waals surface area contributed by atoms with E-state index in [0.29, 0.717) is 25.3 Å². The first-order valence-corrected chi connectivity index (χ1v) is 10.5. The van der Waals surface area contributed by atoms with Crippen molar-refractivity contribution in [3.63, 3.8) is 0 Å². The molecule has 3 N–H and O–H groups in total. The Labute approximate surface area is 178 Å². The molecule has 0 spiro atoms. The van der Waals surface area contributed by atoms with Crippen molar-refractivity contribution in [3.8, 4) is 5.75 Å². The van der Waals surface area contributed by atoms with Gasteiger partial charge in [-0.15, -0.1) is 0 Å². The third kappa shape index (κ3) is 8.55. The fraction of sp³-hybridized carbons (Fsp3) is 0.500. The molecule has 2 amide bonds. The Balaban J connectivity index is 1.71. The number of benzene rings is 1. The number of anilines is 2.